The molecule has 0 fully saturated rings. The third-order valence-electron chi connectivity index (χ3n) is 3.10. The van der Waals surface area contributed by atoms with E-state index in [9.17, 15) is 4.79 Å². The SMILES string of the molecule is CCc1cnc(C(C)Nc2ccc(C(C)=O)c(N)c2)s1. The minimum atomic E-state index is -0.0189. The van der Waals surface area contributed by atoms with Gasteiger partial charge >= 0.3 is 0 Å². The maximum atomic E-state index is 11.3. The Balaban J connectivity index is 2.13. The summed E-state index contributed by atoms with van der Waals surface area (Å²) in [6.45, 7) is 5.70. The molecule has 1 aromatic heterocycles. The van der Waals surface area contributed by atoms with Crippen molar-refractivity contribution in [3.05, 3.63) is 39.8 Å². The minimum Gasteiger partial charge on any atom is -0.398 e. The summed E-state index contributed by atoms with van der Waals surface area (Å²) < 4.78 is 0. The van der Waals surface area contributed by atoms with Crippen LogP contribution in [0.3, 0.4) is 0 Å². The molecule has 0 bridgehead atoms. The van der Waals surface area contributed by atoms with E-state index >= 15 is 0 Å². The number of ketones is 1. The normalized spacial score (nSPS) is 12.2. The molecule has 0 amide bonds. The number of carbonyl (C=O) groups excluding carboxylic acids is 1. The quantitative estimate of drug-likeness (QED) is 0.651. The van der Waals surface area contributed by atoms with Crippen LogP contribution in [0.4, 0.5) is 11.4 Å². The van der Waals surface area contributed by atoms with Gasteiger partial charge in [0.2, 0.25) is 0 Å². The number of aromatic nitrogens is 1. The van der Waals surface area contributed by atoms with E-state index in [1.165, 1.54) is 11.8 Å². The lowest BCUT2D eigenvalue weighted by molar-refractivity contribution is 0.101. The minimum absolute atomic E-state index is 0.0189. The van der Waals surface area contributed by atoms with Crippen LogP contribution in [0.15, 0.2) is 24.4 Å². The number of nitrogen functional groups attached to an aromatic ring is 1. The van der Waals surface area contributed by atoms with Crippen molar-refractivity contribution in [2.24, 2.45) is 0 Å². The zero-order valence-corrected chi connectivity index (χ0v) is 12.8. The van der Waals surface area contributed by atoms with Crippen molar-refractivity contribution < 1.29 is 4.79 Å². The van der Waals surface area contributed by atoms with Crippen molar-refractivity contribution in [1.29, 1.82) is 0 Å². The lowest BCUT2D eigenvalue weighted by atomic mass is 10.1. The first-order valence-corrected chi connectivity index (χ1v) is 7.44. The second kappa shape index (κ2) is 6.05. The number of rotatable bonds is 5. The van der Waals surface area contributed by atoms with Gasteiger partial charge < -0.3 is 11.1 Å². The number of aryl methyl sites for hydroxylation is 1. The van der Waals surface area contributed by atoms with E-state index in [-0.39, 0.29) is 11.8 Å². The molecular formula is C15H19N3OS. The number of thiazole rings is 1. The van der Waals surface area contributed by atoms with Crippen molar-refractivity contribution in [2.45, 2.75) is 33.2 Å². The molecule has 3 N–H and O–H groups in total. The van der Waals surface area contributed by atoms with Crippen molar-refractivity contribution in [1.82, 2.24) is 4.98 Å². The van der Waals surface area contributed by atoms with Crippen LogP contribution in [0.2, 0.25) is 0 Å². The summed E-state index contributed by atoms with van der Waals surface area (Å²) in [6, 6.07) is 5.54. The average molecular weight is 289 g/mol. The second-order valence-corrected chi connectivity index (χ2v) is 5.89. The van der Waals surface area contributed by atoms with Gasteiger partial charge in [0.25, 0.3) is 0 Å². The third-order valence-corrected chi connectivity index (χ3v) is 4.43. The Labute approximate surface area is 123 Å². The second-order valence-electron chi connectivity index (χ2n) is 4.74. The summed E-state index contributed by atoms with van der Waals surface area (Å²) in [6.07, 6.45) is 2.93. The first kappa shape index (κ1) is 14.5. The van der Waals surface area contributed by atoms with Gasteiger partial charge in [-0.1, -0.05) is 6.92 Å². The Bertz CT molecular complexity index is 621. The number of nitrogens with one attached hydrogen (secondary N) is 1. The van der Waals surface area contributed by atoms with Gasteiger partial charge in [0.15, 0.2) is 5.78 Å². The van der Waals surface area contributed by atoms with Crippen LogP contribution in [0.25, 0.3) is 0 Å². The van der Waals surface area contributed by atoms with Crippen molar-refractivity contribution in [3.63, 3.8) is 0 Å². The summed E-state index contributed by atoms with van der Waals surface area (Å²) in [5, 5.41) is 4.41. The van der Waals surface area contributed by atoms with Crippen LogP contribution in [0, 0.1) is 0 Å². The van der Waals surface area contributed by atoms with Gasteiger partial charge in [-0.25, -0.2) is 4.98 Å². The summed E-state index contributed by atoms with van der Waals surface area (Å²) >= 11 is 1.71. The fourth-order valence-electron chi connectivity index (χ4n) is 1.97. The highest BCUT2D eigenvalue weighted by Crippen LogP contribution is 2.26. The Morgan fingerprint density at radius 3 is 2.80 bits per heavy atom. The fraction of sp³-hybridized carbons (Fsp3) is 0.333. The average Bonchev–Trinajstić information content (AvgIpc) is 2.87. The maximum Gasteiger partial charge on any atom is 0.161 e. The van der Waals surface area contributed by atoms with Crippen LogP contribution in [-0.4, -0.2) is 10.8 Å². The molecule has 1 atom stereocenters. The molecule has 20 heavy (non-hydrogen) atoms. The van der Waals surface area contributed by atoms with E-state index in [2.05, 4.69) is 24.1 Å². The number of hydrogen-bond donors (Lipinski definition) is 2. The van der Waals surface area contributed by atoms with Crippen molar-refractivity contribution in [2.75, 3.05) is 11.1 Å². The van der Waals surface area contributed by atoms with Crippen LogP contribution < -0.4 is 11.1 Å². The van der Waals surface area contributed by atoms with Gasteiger partial charge in [0.1, 0.15) is 5.01 Å². The topological polar surface area (TPSA) is 68.0 Å². The molecule has 0 saturated heterocycles. The largest absolute Gasteiger partial charge is 0.398 e. The summed E-state index contributed by atoms with van der Waals surface area (Å²) in [5.74, 6) is -0.0189. The Morgan fingerprint density at radius 2 is 2.25 bits per heavy atom. The molecule has 1 heterocycles. The lowest BCUT2D eigenvalue weighted by Gasteiger charge is -2.14. The molecule has 106 valence electrons. The van der Waals surface area contributed by atoms with E-state index < -0.39 is 0 Å². The molecule has 0 aliphatic rings. The molecule has 1 unspecified atom stereocenters. The Hall–Kier alpha value is -1.88. The van der Waals surface area contributed by atoms with Crippen LogP contribution >= 0.6 is 11.3 Å². The predicted molar refractivity (Wildman–Crippen MR) is 84.4 cm³/mol. The van der Waals surface area contributed by atoms with E-state index in [0.717, 1.165) is 17.1 Å². The molecule has 0 aliphatic carbocycles. The summed E-state index contributed by atoms with van der Waals surface area (Å²) in [4.78, 5) is 17.0. The first-order valence-electron chi connectivity index (χ1n) is 6.62. The maximum absolute atomic E-state index is 11.3. The predicted octanol–water partition coefficient (Wildman–Crippen LogP) is 3.66. The van der Waals surface area contributed by atoms with Crippen LogP contribution in [0.1, 0.15) is 47.1 Å². The Kier molecular flexibility index (Phi) is 4.39. The van der Waals surface area contributed by atoms with Gasteiger partial charge in [-0.05, 0) is 38.5 Å². The Morgan fingerprint density at radius 1 is 1.50 bits per heavy atom. The smallest absolute Gasteiger partial charge is 0.161 e. The molecule has 1 aromatic carbocycles. The van der Waals surface area contributed by atoms with Crippen molar-refractivity contribution in [3.8, 4) is 0 Å². The molecule has 0 spiro atoms. The zero-order chi connectivity index (χ0) is 14.7. The van der Waals surface area contributed by atoms with E-state index in [1.54, 1.807) is 23.5 Å². The number of anilines is 2. The molecule has 0 radical (unpaired) electrons. The molecule has 5 heteroatoms. The van der Waals surface area contributed by atoms with Crippen molar-refractivity contribution >= 4 is 28.5 Å². The van der Waals surface area contributed by atoms with Gasteiger partial charge in [-0.15, -0.1) is 11.3 Å². The zero-order valence-electron chi connectivity index (χ0n) is 11.9. The standard InChI is InChI=1S/C15H19N3OS/c1-4-12-8-17-15(20-12)9(2)18-11-5-6-13(10(3)19)14(16)7-11/h5-9,18H,4,16H2,1-3H3. The molecular weight excluding hydrogens is 270 g/mol. The number of carbonyl (C=O) groups is 1. The van der Waals surface area contributed by atoms with Gasteiger partial charge in [-0.2, -0.15) is 0 Å². The van der Waals surface area contributed by atoms with E-state index in [4.69, 9.17) is 5.73 Å². The number of hydrogen-bond acceptors (Lipinski definition) is 5. The molecule has 2 rings (SSSR count). The summed E-state index contributed by atoms with van der Waals surface area (Å²) in [7, 11) is 0. The molecule has 0 saturated carbocycles. The molecule has 0 aliphatic heterocycles. The number of nitrogens with two attached hydrogens (primary N) is 1. The van der Waals surface area contributed by atoms with Gasteiger partial charge in [0.05, 0.1) is 6.04 Å². The highest BCUT2D eigenvalue weighted by Gasteiger charge is 2.11. The summed E-state index contributed by atoms with van der Waals surface area (Å²) in [5.41, 5.74) is 7.85. The van der Waals surface area contributed by atoms with E-state index in [0.29, 0.717) is 11.3 Å². The number of nitrogens with zero attached hydrogens (tertiary/aromatic N) is 1. The number of Topliss-reactive ketones (excluding diaryl/α,β-unsaturated/α-hetero) is 1. The fourth-order valence-corrected chi connectivity index (χ4v) is 2.83. The molecule has 4 nitrogen and oxygen atoms in total. The third kappa shape index (κ3) is 3.17. The van der Waals surface area contributed by atoms with Gasteiger partial charge in [-0.3, -0.25) is 4.79 Å². The first-order chi connectivity index (χ1) is 9.51. The number of benzene rings is 1. The van der Waals surface area contributed by atoms with E-state index in [1.807, 2.05) is 12.3 Å². The van der Waals surface area contributed by atoms with Crippen LogP contribution in [0.5, 0.6) is 0 Å². The monoisotopic (exact) mass is 289 g/mol. The van der Waals surface area contributed by atoms with Crippen LogP contribution in [-0.2, 0) is 6.42 Å². The van der Waals surface area contributed by atoms with Gasteiger partial charge in [0, 0.05) is 28.0 Å². The highest BCUT2D eigenvalue weighted by molar-refractivity contribution is 7.11. The molecule has 2 aromatic rings. The highest BCUT2D eigenvalue weighted by atomic mass is 32.1. The lowest BCUT2D eigenvalue weighted by Crippen LogP contribution is -2.07.